The number of hydrogen-bond acceptors (Lipinski definition) is 4. The van der Waals surface area contributed by atoms with E-state index in [0.29, 0.717) is 4.90 Å². The van der Waals surface area contributed by atoms with E-state index in [-0.39, 0.29) is 30.6 Å². The number of rotatable bonds is 4. The summed E-state index contributed by atoms with van der Waals surface area (Å²) in [6.45, 7) is -0.362. The Labute approximate surface area is 96.4 Å². The predicted octanol–water partition coefficient (Wildman–Crippen LogP) is -0.145. The second-order valence-electron chi connectivity index (χ2n) is 3.45. The molecule has 1 aromatic carbocycles. The standard InChI is InChI=1S/C11H8N2O4/c14-6-12(7-15)5-13-10(16)8-3-1-2-4-9(8)11(13)17/h1-4,6-7H,5H2. The zero-order chi connectivity index (χ0) is 12.4. The van der Waals surface area contributed by atoms with Crippen molar-refractivity contribution in [2.75, 3.05) is 6.67 Å². The Morgan fingerprint density at radius 1 is 1.00 bits per heavy atom. The summed E-state index contributed by atoms with van der Waals surface area (Å²) in [6.07, 6.45) is 0.521. The molecule has 1 heterocycles. The molecule has 0 saturated heterocycles. The van der Waals surface area contributed by atoms with Gasteiger partial charge >= 0.3 is 0 Å². The van der Waals surface area contributed by atoms with Gasteiger partial charge in [0.25, 0.3) is 11.8 Å². The summed E-state index contributed by atoms with van der Waals surface area (Å²) in [7, 11) is 0. The van der Waals surface area contributed by atoms with Crippen LogP contribution in [0.15, 0.2) is 24.3 Å². The topological polar surface area (TPSA) is 74.8 Å². The van der Waals surface area contributed by atoms with Crippen LogP contribution in [0.2, 0.25) is 0 Å². The fourth-order valence-electron chi connectivity index (χ4n) is 1.62. The molecule has 1 aromatic rings. The van der Waals surface area contributed by atoms with E-state index in [2.05, 4.69) is 0 Å². The fraction of sp³-hybridized carbons (Fsp3) is 0.0909. The predicted molar refractivity (Wildman–Crippen MR) is 55.8 cm³/mol. The minimum absolute atomic E-state index is 0.260. The van der Waals surface area contributed by atoms with E-state index in [0.717, 1.165) is 4.90 Å². The lowest BCUT2D eigenvalue weighted by Gasteiger charge is -2.17. The summed E-state index contributed by atoms with van der Waals surface area (Å²) < 4.78 is 0. The Morgan fingerprint density at radius 2 is 1.47 bits per heavy atom. The first kappa shape index (κ1) is 11.0. The molecule has 2 rings (SSSR count). The van der Waals surface area contributed by atoms with Crippen LogP contribution < -0.4 is 0 Å². The molecule has 1 aliphatic heterocycles. The summed E-state index contributed by atoms with van der Waals surface area (Å²) in [4.78, 5) is 46.1. The van der Waals surface area contributed by atoms with Crippen LogP contribution in [0.4, 0.5) is 0 Å². The Bertz CT molecular complexity index is 469. The number of amides is 4. The van der Waals surface area contributed by atoms with Crippen LogP contribution in [0, 0.1) is 0 Å². The minimum Gasteiger partial charge on any atom is -0.278 e. The van der Waals surface area contributed by atoms with E-state index >= 15 is 0 Å². The van der Waals surface area contributed by atoms with Crippen molar-refractivity contribution in [2.45, 2.75) is 0 Å². The molecule has 0 radical (unpaired) electrons. The molecule has 0 aromatic heterocycles. The molecule has 86 valence electrons. The fourth-order valence-corrected chi connectivity index (χ4v) is 1.62. The molecule has 0 saturated carbocycles. The van der Waals surface area contributed by atoms with E-state index in [1.165, 1.54) is 12.1 Å². The molecular formula is C11H8N2O4. The molecule has 17 heavy (non-hydrogen) atoms. The van der Waals surface area contributed by atoms with Gasteiger partial charge in [-0.25, -0.2) is 0 Å². The molecule has 0 spiro atoms. The highest BCUT2D eigenvalue weighted by atomic mass is 16.2. The first-order chi connectivity index (χ1) is 8.19. The van der Waals surface area contributed by atoms with Crippen LogP contribution >= 0.6 is 0 Å². The van der Waals surface area contributed by atoms with Gasteiger partial charge in [0.15, 0.2) is 0 Å². The van der Waals surface area contributed by atoms with Crippen LogP contribution in [0.25, 0.3) is 0 Å². The van der Waals surface area contributed by atoms with E-state index in [9.17, 15) is 19.2 Å². The Kier molecular flexibility index (Phi) is 2.70. The summed E-state index contributed by atoms with van der Waals surface area (Å²) in [6, 6.07) is 6.35. The van der Waals surface area contributed by atoms with Crippen molar-refractivity contribution >= 4 is 24.6 Å². The van der Waals surface area contributed by atoms with Crippen LogP contribution in [0.1, 0.15) is 20.7 Å². The lowest BCUT2D eigenvalue weighted by molar-refractivity contribution is -0.130. The molecule has 0 aliphatic carbocycles. The number of carbonyl (C=O) groups is 4. The monoisotopic (exact) mass is 232 g/mol. The Hall–Kier alpha value is -2.50. The normalized spacial score (nSPS) is 13.5. The third-order valence-electron chi connectivity index (χ3n) is 2.45. The molecule has 0 bridgehead atoms. The highest BCUT2D eigenvalue weighted by Gasteiger charge is 2.35. The second-order valence-corrected chi connectivity index (χ2v) is 3.45. The SMILES string of the molecule is O=CN(C=O)CN1C(=O)c2ccccc2C1=O. The molecule has 0 atom stereocenters. The van der Waals surface area contributed by atoms with Gasteiger partial charge in [-0.2, -0.15) is 0 Å². The maximum atomic E-state index is 11.8. The highest BCUT2D eigenvalue weighted by molar-refractivity contribution is 6.21. The van der Waals surface area contributed by atoms with Crippen LogP contribution in [0.3, 0.4) is 0 Å². The van der Waals surface area contributed by atoms with Crippen LogP contribution in [-0.4, -0.2) is 41.1 Å². The van der Waals surface area contributed by atoms with Crippen molar-refractivity contribution in [3.8, 4) is 0 Å². The highest BCUT2D eigenvalue weighted by Crippen LogP contribution is 2.21. The zero-order valence-electron chi connectivity index (χ0n) is 8.70. The van der Waals surface area contributed by atoms with Crippen LogP contribution in [-0.2, 0) is 9.59 Å². The number of hydrogen-bond donors (Lipinski definition) is 0. The molecule has 1 aliphatic rings. The Morgan fingerprint density at radius 3 is 1.88 bits per heavy atom. The van der Waals surface area contributed by atoms with Gasteiger partial charge in [0, 0.05) is 0 Å². The largest absolute Gasteiger partial charge is 0.278 e. The maximum absolute atomic E-state index is 11.8. The maximum Gasteiger partial charge on any atom is 0.263 e. The molecule has 0 unspecified atom stereocenters. The molecule has 6 heteroatoms. The van der Waals surface area contributed by atoms with Crippen molar-refractivity contribution in [1.29, 1.82) is 0 Å². The van der Waals surface area contributed by atoms with Gasteiger partial charge in [-0.05, 0) is 12.1 Å². The minimum atomic E-state index is -0.501. The second kappa shape index (κ2) is 4.17. The van der Waals surface area contributed by atoms with Crippen molar-refractivity contribution in [1.82, 2.24) is 9.80 Å². The summed E-state index contributed by atoms with van der Waals surface area (Å²) in [5, 5.41) is 0. The molecule has 0 fully saturated rings. The van der Waals surface area contributed by atoms with Gasteiger partial charge in [-0.1, -0.05) is 12.1 Å². The summed E-state index contributed by atoms with van der Waals surface area (Å²) in [5.41, 5.74) is 0.573. The van der Waals surface area contributed by atoms with E-state index < -0.39 is 11.8 Å². The van der Waals surface area contributed by atoms with Gasteiger partial charge in [-0.3, -0.25) is 29.0 Å². The van der Waals surface area contributed by atoms with Gasteiger partial charge in [0.05, 0.1) is 11.1 Å². The first-order valence-corrected chi connectivity index (χ1v) is 4.80. The lowest BCUT2D eigenvalue weighted by Crippen LogP contribution is -2.40. The van der Waals surface area contributed by atoms with E-state index in [1.54, 1.807) is 12.1 Å². The van der Waals surface area contributed by atoms with E-state index in [1.807, 2.05) is 0 Å². The number of fused-ring (bicyclic) bond motifs is 1. The van der Waals surface area contributed by atoms with Gasteiger partial charge in [0.1, 0.15) is 6.67 Å². The summed E-state index contributed by atoms with van der Waals surface area (Å²) >= 11 is 0. The number of nitrogens with zero attached hydrogens (tertiary/aromatic N) is 2. The lowest BCUT2D eigenvalue weighted by atomic mass is 10.1. The smallest absolute Gasteiger partial charge is 0.263 e. The summed E-state index contributed by atoms with van der Waals surface area (Å²) in [5.74, 6) is -1.00. The average molecular weight is 232 g/mol. The van der Waals surface area contributed by atoms with Gasteiger partial charge in [-0.15, -0.1) is 0 Å². The van der Waals surface area contributed by atoms with Crippen LogP contribution in [0.5, 0.6) is 0 Å². The Balaban J connectivity index is 2.30. The third kappa shape index (κ3) is 1.69. The average Bonchev–Trinajstić information content (AvgIpc) is 2.61. The van der Waals surface area contributed by atoms with Crippen molar-refractivity contribution in [3.63, 3.8) is 0 Å². The van der Waals surface area contributed by atoms with Gasteiger partial charge < -0.3 is 0 Å². The molecular weight excluding hydrogens is 224 g/mol. The number of carbonyl (C=O) groups excluding carboxylic acids is 4. The van der Waals surface area contributed by atoms with Crippen molar-refractivity contribution < 1.29 is 19.2 Å². The quantitative estimate of drug-likeness (QED) is 0.534. The number of benzene rings is 1. The first-order valence-electron chi connectivity index (χ1n) is 4.80. The molecule has 0 N–H and O–H groups in total. The molecule has 4 amide bonds. The number of imide groups is 2. The van der Waals surface area contributed by atoms with Crippen molar-refractivity contribution in [2.24, 2.45) is 0 Å². The zero-order valence-corrected chi connectivity index (χ0v) is 8.70. The molecule has 6 nitrogen and oxygen atoms in total. The van der Waals surface area contributed by atoms with Gasteiger partial charge in [0.2, 0.25) is 12.8 Å². The van der Waals surface area contributed by atoms with E-state index in [4.69, 9.17) is 0 Å². The third-order valence-corrected chi connectivity index (χ3v) is 2.45. The van der Waals surface area contributed by atoms with Crippen molar-refractivity contribution in [3.05, 3.63) is 35.4 Å².